The van der Waals surface area contributed by atoms with E-state index in [9.17, 15) is 4.79 Å². The second-order valence-corrected chi connectivity index (χ2v) is 5.62. The lowest BCUT2D eigenvalue weighted by molar-refractivity contribution is -0.146. The van der Waals surface area contributed by atoms with Crippen molar-refractivity contribution in [3.8, 4) is 0 Å². The van der Waals surface area contributed by atoms with Gasteiger partial charge in [0, 0.05) is 0 Å². The lowest BCUT2D eigenvalue weighted by Crippen LogP contribution is -2.45. The molecule has 0 aliphatic carbocycles. The van der Waals surface area contributed by atoms with E-state index in [0.29, 0.717) is 11.7 Å². The number of esters is 1. The van der Waals surface area contributed by atoms with Gasteiger partial charge in [-0.15, -0.1) is 0 Å². The van der Waals surface area contributed by atoms with Crippen molar-refractivity contribution in [2.45, 2.75) is 44.4 Å². The lowest BCUT2D eigenvalue weighted by atomic mass is 9.98. The van der Waals surface area contributed by atoms with Gasteiger partial charge in [-0.05, 0) is 30.8 Å². The third-order valence-corrected chi connectivity index (χ3v) is 3.13. The molecule has 0 aliphatic rings. The molecular formula is C10H21NO2S. The van der Waals surface area contributed by atoms with Gasteiger partial charge in [0.1, 0.15) is 5.54 Å². The van der Waals surface area contributed by atoms with E-state index < -0.39 is 5.54 Å². The summed E-state index contributed by atoms with van der Waals surface area (Å²) in [5.41, 5.74) is 4.98. The summed E-state index contributed by atoms with van der Waals surface area (Å²) < 4.78 is 4.62. The third kappa shape index (κ3) is 5.50. The Morgan fingerprint density at radius 2 is 2.14 bits per heavy atom. The molecule has 0 fully saturated rings. The molecule has 0 aromatic rings. The summed E-state index contributed by atoms with van der Waals surface area (Å²) in [6, 6.07) is 0. The Bertz CT molecular complexity index is 181. The maximum absolute atomic E-state index is 11.2. The SMILES string of the molecule is COC(=O)C(C)(N)CCCSC(C)C. The van der Waals surface area contributed by atoms with Crippen molar-refractivity contribution in [2.75, 3.05) is 12.9 Å². The molecule has 14 heavy (non-hydrogen) atoms. The third-order valence-electron chi connectivity index (χ3n) is 1.94. The average Bonchev–Trinajstić information content (AvgIpc) is 2.10. The van der Waals surface area contributed by atoms with Gasteiger partial charge in [-0.3, -0.25) is 4.79 Å². The molecule has 0 aliphatic heterocycles. The van der Waals surface area contributed by atoms with Crippen LogP contribution in [0.5, 0.6) is 0 Å². The van der Waals surface area contributed by atoms with E-state index in [4.69, 9.17) is 5.73 Å². The summed E-state index contributed by atoms with van der Waals surface area (Å²) in [7, 11) is 1.37. The van der Waals surface area contributed by atoms with Crippen LogP contribution in [0.3, 0.4) is 0 Å². The van der Waals surface area contributed by atoms with Gasteiger partial charge in [-0.2, -0.15) is 11.8 Å². The quantitative estimate of drug-likeness (QED) is 0.546. The van der Waals surface area contributed by atoms with Crippen LogP contribution in [0, 0.1) is 0 Å². The van der Waals surface area contributed by atoms with Crippen molar-refractivity contribution in [1.82, 2.24) is 0 Å². The van der Waals surface area contributed by atoms with Crippen LogP contribution in [0.2, 0.25) is 0 Å². The molecule has 0 rings (SSSR count). The Balaban J connectivity index is 3.71. The number of rotatable bonds is 6. The molecule has 0 aromatic heterocycles. The van der Waals surface area contributed by atoms with Gasteiger partial charge in [-0.25, -0.2) is 0 Å². The number of ether oxygens (including phenoxy) is 1. The molecule has 3 nitrogen and oxygen atoms in total. The number of carbonyl (C=O) groups is 1. The normalized spacial score (nSPS) is 15.3. The fourth-order valence-corrected chi connectivity index (χ4v) is 1.88. The Morgan fingerprint density at radius 1 is 1.57 bits per heavy atom. The zero-order valence-electron chi connectivity index (χ0n) is 9.50. The van der Waals surface area contributed by atoms with Crippen LogP contribution in [0.25, 0.3) is 0 Å². The van der Waals surface area contributed by atoms with Gasteiger partial charge in [0.05, 0.1) is 7.11 Å². The van der Waals surface area contributed by atoms with Crippen molar-refractivity contribution in [1.29, 1.82) is 0 Å². The highest BCUT2D eigenvalue weighted by atomic mass is 32.2. The highest BCUT2D eigenvalue weighted by molar-refractivity contribution is 7.99. The van der Waals surface area contributed by atoms with Gasteiger partial charge >= 0.3 is 5.97 Å². The fraction of sp³-hybridized carbons (Fsp3) is 0.900. The van der Waals surface area contributed by atoms with Crippen LogP contribution >= 0.6 is 11.8 Å². The van der Waals surface area contributed by atoms with Crippen LogP contribution in [-0.2, 0) is 9.53 Å². The molecule has 0 heterocycles. The second-order valence-electron chi connectivity index (χ2n) is 3.93. The van der Waals surface area contributed by atoms with Gasteiger partial charge < -0.3 is 10.5 Å². The summed E-state index contributed by atoms with van der Waals surface area (Å²) in [4.78, 5) is 11.2. The molecular weight excluding hydrogens is 198 g/mol. The first-order chi connectivity index (χ1) is 6.40. The molecule has 2 N–H and O–H groups in total. The van der Waals surface area contributed by atoms with E-state index in [2.05, 4.69) is 18.6 Å². The number of hydrogen-bond acceptors (Lipinski definition) is 4. The van der Waals surface area contributed by atoms with Crippen LogP contribution < -0.4 is 5.73 Å². The minimum absolute atomic E-state index is 0.327. The number of hydrogen-bond donors (Lipinski definition) is 1. The van der Waals surface area contributed by atoms with E-state index >= 15 is 0 Å². The highest BCUT2D eigenvalue weighted by Gasteiger charge is 2.28. The minimum atomic E-state index is -0.827. The predicted octanol–water partition coefficient (Wildman–Crippen LogP) is 1.80. The summed E-state index contributed by atoms with van der Waals surface area (Å²) in [5, 5.41) is 0.636. The van der Waals surface area contributed by atoms with Crippen LogP contribution in [-0.4, -0.2) is 29.6 Å². The van der Waals surface area contributed by atoms with Crippen molar-refractivity contribution < 1.29 is 9.53 Å². The van der Waals surface area contributed by atoms with Crippen molar-refractivity contribution in [3.05, 3.63) is 0 Å². The smallest absolute Gasteiger partial charge is 0.325 e. The molecule has 1 atom stereocenters. The Labute approximate surface area is 90.8 Å². The zero-order chi connectivity index (χ0) is 11.2. The molecule has 0 saturated heterocycles. The first kappa shape index (κ1) is 13.8. The van der Waals surface area contributed by atoms with Crippen LogP contribution in [0.15, 0.2) is 0 Å². The van der Waals surface area contributed by atoms with E-state index in [1.54, 1.807) is 6.92 Å². The Hall–Kier alpha value is -0.220. The van der Waals surface area contributed by atoms with Gasteiger partial charge in [-0.1, -0.05) is 13.8 Å². The summed E-state index contributed by atoms with van der Waals surface area (Å²) >= 11 is 1.88. The monoisotopic (exact) mass is 219 g/mol. The van der Waals surface area contributed by atoms with E-state index in [0.717, 1.165) is 12.2 Å². The van der Waals surface area contributed by atoms with E-state index in [1.807, 2.05) is 11.8 Å². The summed E-state index contributed by atoms with van der Waals surface area (Å²) in [5.74, 6) is 0.716. The predicted molar refractivity (Wildman–Crippen MR) is 61.4 cm³/mol. The minimum Gasteiger partial charge on any atom is -0.468 e. The first-order valence-electron chi connectivity index (χ1n) is 4.89. The Morgan fingerprint density at radius 3 is 2.57 bits per heavy atom. The zero-order valence-corrected chi connectivity index (χ0v) is 10.3. The van der Waals surface area contributed by atoms with Crippen molar-refractivity contribution in [2.24, 2.45) is 5.73 Å². The van der Waals surface area contributed by atoms with E-state index in [1.165, 1.54) is 7.11 Å². The molecule has 0 saturated carbocycles. The number of nitrogens with two attached hydrogens (primary N) is 1. The molecule has 0 radical (unpaired) electrons. The first-order valence-corrected chi connectivity index (χ1v) is 5.94. The van der Waals surface area contributed by atoms with Gasteiger partial charge in [0.25, 0.3) is 0 Å². The molecule has 4 heteroatoms. The van der Waals surface area contributed by atoms with Crippen molar-refractivity contribution in [3.63, 3.8) is 0 Å². The molecule has 0 bridgehead atoms. The highest BCUT2D eigenvalue weighted by Crippen LogP contribution is 2.16. The molecule has 0 spiro atoms. The maximum Gasteiger partial charge on any atom is 0.325 e. The second kappa shape index (κ2) is 6.30. The number of methoxy groups -OCH3 is 1. The standard InChI is InChI=1S/C10H21NO2S/c1-8(2)14-7-5-6-10(3,11)9(12)13-4/h8H,5-7,11H2,1-4H3. The number of thioether (sulfide) groups is 1. The van der Waals surface area contributed by atoms with E-state index in [-0.39, 0.29) is 5.97 Å². The molecule has 1 unspecified atom stereocenters. The molecule has 0 amide bonds. The molecule has 84 valence electrons. The topological polar surface area (TPSA) is 52.3 Å². The van der Waals surface area contributed by atoms with Gasteiger partial charge in [0.15, 0.2) is 0 Å². The van der Waals surface area contributed by atoms with Crippen molar-refractivity contribution >= 4 is 17.7 Å². The lowest BCUT2D eigenvalue weighted by Gasteiger charge is -2.21. The average molecular weight is 219 g/mol. The maximum atomic E-state index is 11.2. The number of carbonyl (C=O) groups excluding carboxylic acids is 1. The summed E-state index contributed by atoms with van der Waals surface area (Å²) in [6.45, 7) is 6.04. The van der Waals surface area contributed by atoms with Gasteiger partial charge in [0.2, 0.25) is 0 Å². The van der Waals surface area contributed by atoms with Crippen LogP contribution in [0.1, 0.15) is 33.6 Å². The Kier molecular flexibility index (Phi) is 6.20. The van der Waals surface area contributed by atoms with Crippen LogP contribution in [0.4, 0.5) is 0 Å². The summed E-state index contributed by atoms with van der Waals surface area (Å²) in [6.07, 6.45) is 1.63. The molecule has 0 aromatic carbocycles. The fourth-order valence-electron chi connectivity index (χ4n) is 1.09. The largest absolute Gasteiger partial charge is 0.468 e.